The lowest BCUT2D eigenvalue weighted by Gasteiger charge is -2.05. The fourth-order valence-corrected chi connectivity index (χ4v) is 2.85. The van der Waals surface area contributed by atoms with Crippen LogP contribution in [0.25, 0.3) is 0 Å². The average Bonchev–Trinajstić information content (AvgIpc) is 2.32. The van der Waals surface area contributed by atoms with E-state index in [1.807, 2.05) is 12.1 Å². The molecule has 2 rings (SSSR count). The normalized spacial score (nSPS) is 9.94. The van der Waals surface area contributed by atoms with E-state index in [1.165, 1.54) is 11.8 Å². The highest BCUT2D eigenvalue weighted by Crippen LogP contribution is 2.34. The summed E-state index contributed by atoms with van der Waals surface area (Å²) in [5.41, 5.74) is 0.594. The van der Waals surface area contributed by atoms with Gasteiger partial charge in [0.1, 0.15) is 11.1 Å². The zero-order chi connectivity index (χ0) is 12.3. The van der Waals surface area contributed by atoms with Crippen molar-refractivity contribution in [1.82, 2.24) is 4.98 Å². The second kappa shape index (κ2) is 5.54. The molecule has 1 aromatic carbocycles. The number of nitrogens with zero attached hydrogens (tertiary/aromatic N) is 2. The second-order valence-electron chi connectivity index (χ2n) is 3.14. The smallest absolute Gasteiger partial charge is 0.115 e. The average molecular weight is 326 g/mol. The second-order valence-corrected chi connectivity index (χ2v) is 5.47. The summed E-state index contributed by atoms with van der Waals surface area (Å²) in [5.74, 6) is 0. The van der Waals surface area contributed by atoms with E-state index in [0.29, 0.717) is 10.6 Å². The van der Waals surface area contributed by atoms with Gasteiger partial charge in [-0.1, -0.05) is 23.4 Å². The van der Waals surface area contributed by atoms with E-state index in [2.05, 4.69) is 27.0 Å². The first-order valence-corrected chi connectivity index (χ1v) is 6.67. The first-order chi connectivity index (χ1) is 8.20. The van der Waals surface area contributed by atoms with Crippen LogP contribution >= 0.6 is 39.3 Å². The van der Waals surface area contributed by atoms with Crippen molar-refractivity contribution in [2.24, 2.45) is 0 Å². The van der Waals surface area contributed by atoms with Crippen molar-refractivity contribution in [1.29, 1.82) is 5.26 Å². The molecule has 0 radical (unpaired) electrons. The molecule has 0 bridgehead atoms. The minimum Gasteiger partial charge on any atom is -0.248 e. The minimum atomic E-state index is 0.594. The van der Waals surface area contributed by atoms with Crippen molar-refractivity contribution in [3.8, 4) is 6.07 Å². The predicted octanol–water partition coefficient (Wildman–Crippen LogP) is 4.52. The van der Waals surface area contributed by atoms with Gasteiger partial charge in [0.2, 0.25) is 0 Å². The van der Waals surface area contributed by atoms with Crippen molar-refractivity contribution in [2.75, 3.05) is 0 Å². The van der Waals surface area contributed by atoms with Crippen LogP contribution in [0.4, 0.5) is 0 Å². The molecule has 0 aliphatic heterocycles. The highest BCUT2D eigenvalue weighted by atomic mass is 79.9. The maximum Gasteiger partial charge on any atom is 0.115 e. The molecule has 5 heteroatoms. The molecular weight excluding hydrogens is 320 g/mol. The van der Waals surface area contributed by atoms with Crippen LogP contribution in [0.3, 0.4) is 0 Å². The fraction of sp³-hybridized carbons (Fsp3) is 0. The van der Waals surface area contributed by atoms with Crippen molar-refractivity contribution < 1.29 is 0 Å². The van der Waals surface area contributed by atoms with Crippen molar-refractivity contribution in [3.05, 3.63) is 51.6 Å². The number of hydrogen-bond acceptors (Lipinski definition) is 3. The van der Waals surface area contributed by atoms with Gasteiger partial charge >= 0.3 is 0 Å². The summed E-state index contributed by atoms with van der Waals surface area (Å²) in [6, 6.07) is 11.1. The number of nitriles is 1. The van der Waals surface area contributed by atoms with E-state index >= 15 is 0 Å². The number of aromatic nitrogens is 1. The molecule has 0 saturated heterocycles. The molecule has 2 aromatic rings. The number of halogens is 2. The zero-order valence-corrected chi connectivity index (χ0v) is 11.7. The van der Waals surface area contributed by atoms with Gasteiger partial charge in [-0.25, -0.2) is 4.98 Å². The maximum atomic E-state index is 9.02. The molecule has 0 fully saturated rings. The zero-order valence-electron chi connectivity index (χ0n) is 8.52. The third-order valence-corrected chi connectivity index (χ3v) is 4.21. The van der Waals surface area contributed by atoms with Crippen LogP contribution in [0.2, 0.25) is 5.02 Å². The lowest BCUT2D eigenvalue weighted by Crippen LogP contribution is -1.84. The van der Waals surface area contributed by atoms with E-state index in [-0.39, 0.29) is 0 Å². The van der Waals surface area contributed by atoms with Crippen LogP contribution in [-0.2, 0) is 0 Å². The number of benzene rings is 1. The first kappa shape index (κ1) is 12.4. The number of hydrogen-bond donors (Lipinski definition) is 0. The summed E-state index contributed by atoms with van der Waals surface area (Å²) in [7, 11) is 0. The summed E-state index contributed by atoms with van der Waals surface area (Å²) in [5, 5.41) is 10.4. The van der Waals surface area contributed by atoms with E-state index in [0.717, 1.165) is 14.4 Å². The molecule has 0 aliphatic carbocycles. The highest BCUT2D eigenvalue weighted by Gasteiger charge is 2.08. The van der Waals surface area contributed by atoms with Crippen LogP contribution in [0.15, 0.2) is 50.9 Å². The van der Waals surface area contributed by atoms with Gasteiger partial charge in [-0.2, -0.15) is 5.26 Å². The lowest BCUT2D eigenvalue weighted by molar-refractivity contribution is 1.11. The molecule has 84 valence electrons. The Balaban J connectivity index is 2.40. The Hall–Kier alpha value is -1.02. The summed E-state index contributed by atoms with van der Waals surface area (Å²) in [6.45, 7) is 0. The molecule has 17 heavy (non-hydrogen) atoms. The third kappa shape index (κ3) is 3.01. The summed E-state index contributed by atoms with van der Waals surface area (Å²) >= 11 is 10.8. The number of pyridine rings is 1. The van der Waals surface area contributed by atoms with Gasteiger partial charge in [-0.15, -0.1) is 0 Å². The standard InChI is InChI=1S/C12H6BrClN2S/c13-10-2-1-5-16-12(10)17-11-6-9(14)4-3-8(11)7-15/h1-6H. The monoisotopic (exact) mass is 324 g/mol. The third-order valence-electron chi connectivity index (χ3n) is 2.00. The van der Waals surface area contributed by atoms with Crippen LogP contribution < -0.4 is 0 Å². The maximum absolute atomic E-state index is 9.02. The molecule has 0 amide bonds. The van der Waals surface area contributed by atoms with E-state index in [4.69, 9.17) is 16.9 Å². The van der Waals surface area contributed by atoms with Gasteiger partial charge < -0.3 is 0 Å². The Bertz CT molecular complexity index is 595. The summed E-state index contributed by atoms with van der Waals surface area (Å²) in [6.07, 6.45) is 1.71. The van der Waals surface area contributed by atoms with Crippen molar-refractivity contribution >= 4 is 39.3 Å². The Morgan fingerprint density at radius 3 is 2.88 bits per heavy atom. The topological polar surface area (TPSA) is 36.7 Å². The van der Waals surface area contributed by atoms with E-state index in [1.54, 1.807) is 24.4 Å². The molecule has 0 aliphatic rings. The molecular formula is C12H6BrClN2S. The SMILES string of the molecule is N#Cc1ccc(Cl)cc1Sc1ncccc1Br. The van der Waals surface area contributed by atoms with Crippen LogP contribution in [0.5, 0.6) is 0 Å². The first-order valence-electron chi connectivity index (χ1n) is 4.69. The molecule has 0 atom stereocenters. The Labute approximate surface area is 117 Å². The van der Waals surface area contributed by atoms with Crippen LogP contribution in [-0.4, -0.2) is 4.98 Å². The van der Waals surface area contributed by atoms with Crippen LogP contribution in [0.1, 0.15) is 5.56 Å². The molecule has 1 aromatic heterocycles. The van der Waals surface area contributed by atoms with Crippen molar-refractivity contribution in [3.63, 3.8) is 0 Å². The quantitative estimate of drug-likeness (QED) is 0.814. The molecule has 0 spiro atoms. The molecule has 2 nitrogen and oxygen atoms in total. The largest absolute Gasteiger partial charge is 0.248 e. The molecule has 0 unspecified atom stereocenters. The van der Waals surface area contributed by atoms with E-state index < -0.39 is 0 Å². The Morgan fingerprint density at radius 2 is 2.18 bits per heavy atom. The van der Waals surface area contributed by atoms with Gasteiger partial charge in [0, 0.05) is 16.1 Å². The Morgan fingerprint density at radius 1 is 1.35 bits per heavy atom. The molecule has 1 heterocycles. The van der Waals surface area contributed by atoms with Gasteiger partial charge in [-0.05, 0) is 46.3 Å². The van der Waals surface area contributed by atoms with Gasteiger partial charge in [0.05, 0.1) is 10.0 Å². The Kier molecular flexibility index (Phi) is 4.06. The highest BCUT2D eigenvalue weighted by molar-refractivity contribution is 9.10. The fourth-order valence-electron chi connectivity index (χ4n) is 1.22. The summed E-state index contributed by atoms with van der Waals surface area (Å²) in [4.78, 5) is 5.05. The molecule has 0 N–H and O–H groups in total. The minimum absolute atomic E-state index is 0.594. The lowest BCUT2D eigenvalue weighted by atomic mass is 10.2. The van der Waals surface area contributed by atoms with E-state index in [9.17, 15) is 0 Å². The van der Waals surface area contributed by atoms with Gasteiger partial charge in [-0.3, -0.25) is 0 Å². The molecule has 0 saturated carbocycles. The van der Waals surface area contributed by atoms with Gasteiger partial charge in [0.25, 0.3) is 0 Å². The predicted molar refractivity (Wildman–Crippen MR) is 72.2 cm³/mol. The number of rotatable bonds is 2. The summed E-state index contributed by atoms with van der Waals surface area (Å²) < 4.78 is 0.897. The van der Waals surface area contributed by atoms with Gasteiger partial charge in [0.15, 0.2) is 0 Å². The van der Waals surface area contributed by atoms with Crippen molar-refractivity contribution in [2.45, 2.75) is 9.92 Å². The van der Waals surface area contributed by atoms with Crippen LogP contribution in [0, 0.1) is 11.3 Å².